The van der Waals surface area contributed by atoms with Crippen LogP contribution in [0.25, 0.3) is 0 Å². The fourth-order valence-electron chi connectivity index (χ4n) is 4.15. The zero-order chi connectivity index (χ0) is 18.3. The standard InChI is InChI=1S/C18H26N2O5S/c1-19-10-7-13-14(11-19)15(23-2)16-17(25-12-24-16)18(13)26(21,22)20-8-5-3-4-6-9-20/h3-12H2,1-2H3. The predicted octanol–water partition coefficient (Wildman–Crippen LogP) is 1.98. The SMILES string of the molecule is COc1c2c(c(S(=O)(=O)N3CCCCCC3)c3c1OCO3)CCN(C)C2. The van der Waals surface area contributed by atoms with Crippen molar-refractivity contribution in [1.29, 1.82) is 0 Å². The van der Waals surface area contributed by atoms with Crippen molar-refractivity contribution >= 4 is 10.0 Å². The quantitative estimate of drug-likeness (QED) is 0.796. The molecule has 26 heavy (non-hydrogen) atoms. The third-order valence-corrected chi connectivity index (χ3v) is 7.47. The molecule has 0 bridgehead atoms. The molecule has 0 spiro atoms. The van der Waals surface area contributed by atoms with E-state index in [2.05, 4.69) is 4.90 Å². The van der Waals surface area contributed by atoms with Crippen LogP contribution in [0.4, 0.5) is 0 Å². The van der Waals surface area contributed by atoms with E-state index < -0.39 is 10.0 Å². The van der Waals surface area contributed by atoms with Gasteiger partial charge in [0, 0.05) is 31.7 Å². The highest BCUT2D eigenvalue weighted by Crippen LogP contribution is 2.51. The summed E-state index contributed by atoms with van der Waals surface area (Å²) < 4.78 is 45.7. The van der Waals surface area contributed by atoms with Crippen molar-refractivity contribution < 1.29 is 22.6 Å². The average Bonchev–Trinajstić information content (AvgIpc) is 2.91. The van der Waals surface area contributed by atoms with Gasteiger partial charge in [0.25, 0.3) is 0 Å². The van der Waals surface area contributed by atoms with Crippen molar-refractivity contribution in [2.75, 3.05) is 40.6 Å². The van der Waals surface area contributed by atoms with Crippen LogP contribution in [0.5, 0.6) is 17.2 Å². The van der Waals surface area contributed by atoms with Gasteiger partial charge >= 0.3 is 0 Å². The maximum Gasteiger partial charge on any atom is 0.247 e. The number of fused-ring (bicyclic) bond motifs is 2. The van der Waals surface area contributed by atoms with Gasteiger partial charge in [-0.3, -0.25) is 0 Å². The maximum atomic E-state index is 13.6. The summed E-state index contributed by atoms with van der Waals surface area (Å²) in [7, 11) is -0.0241. The summed E-state index contributed by atoms with van der Waals surface area (Å²) in [5.74, 6) is 1.36. The Balaban J connectivity index is 1.91. The van der Waals surface area contributed by atoms with E-state index in [4.69, 9.17) is 14.2 Å². The molecule has 0 atom stereocenters. The normalized spacial score (nSPS) is 21.3. The predicted molar refractivity (Wildman–Crippen MR) is 96.4 cm³/mol. The van der Waals surface area contributed by atoms with Gasteiger partial charge in [0.15, 0.2) is 11.5 Å². The van der Waals surface area contributed by atoms with Crippen LogP contribution in [0.3, 0.4) is 0 Å². The van der Waals surface area contributed by atoms with Crippen LogP contribution in [-0.4, -0.2) is 58.2 Å². The minimum atomic E-state index is -3.64. The largest absolute Gasteiger partial charge is 0.492 e. The van der Waals surface area contributed by atoms with Crippen LogP contribution in [0, 0.1) is 0 Å². The van der Waals surface area contributed by atoms with E-state index in [1.54, 1.807) is 11.4 Å². The number of rotatable bonds is 3. The Morgan fingerprint density at radius 1 is 0.962 bits per heavy atom. The summed E-state index contributed by atoms with van der Waals surface area (Å²) in [5.41, 5.74) is 1.73. The Kier molecular flexibility index (Phi) is 4.75. The Bertz CT molecular complexity index is 801. The smallest absolute Gasteiger partial charge is 0.247 e. The second kappa shape index (κ2) is 6.90. The Morgan fingerprint density at radius 2 is 1.65 bits per heavy atom. The van der Waals surface area contributed by atoms with E-state index in [9.17, 15) is 8.42 Å². The van der Waals surface area contributed by atoms with Gasteiger partial charge in [0.2, 0.25) is 22.6 Å². The molecule has 1 aromatic rings. The van der Waals surface area contributed by atoms with Crippen molar-refractivity contribution in [2.24, 2.45) is 0 Å². The van der Waals surface area contributed by atoms with Gasteiger partial charge in [-0.15, -0.1) is 0 Å². The molecule has 8 heteroatoms. The number of hydrogen-bond donors (Lipinski definition) is 0. The second-order valence-electron chi connectivity index (χ2n) is 7.19. The molecule has 1 aromatic carbocycles. The van der Waals surface area contributed by atoms with E-state index in [1.165, 1.54) is 0 Å². The van der Waals surface area contributed by atoms with Gasteiger partial charge in [-0.2, -0.15) is 4.31 Å². The van der Waals surface area contributed by atoms with Crippen molar-refractivity contribution in [2.45, 2.75) is 43.5 Å². The summed E-state index contributed by atoms with van der Waals surface area (Å²) in [6.07, 6.45) is 4.62. The highest BCUT2D eigenvalue weighted by Gasteiger charge is 2.40. The lowest BCUT2D eigenvalue weighted by molar-refractivity contribution is 0.169. The van der Waals surface area contributed by atoms with Crippen LogP contribution in [0.1, 0.15) is 36.8 Å². The number of likely N-dealkylation sites (N-methyl/N-ethyl adjacent to an activating group) is 1. The molecular formula is C18H26N2O5S. The van der Waals surface area contributed by atoms with Crippen LogP contribution in [0.15, 0.2) is 4.90 Å². The first kappa shape index (κ1) is 17.9. The van der Waals surface area contributed by atoms with E-state index in [1.807, 2.05) is 7.05 Å². The Morgan fingerprint density at radius 3 is 2.35 bits per heavy atom. The monoisotopic (exact) mass is 382 g/mol. The minimum absolute atomic E-state index is 0.0208. The molecule has 0 aromatic heterocycles. The number of ether oxygens (including phenoxy) is 3. The molecule has 7 nitrogen and oxygen atoms in total. The van der Waals surface area contributed by atoms with Crippen molar-refractivity contribution in [3.05, 3.63) is 11.1 Å². The van der Waals surface area contributed by atoms with Crippen molar-refractivity contribution in [1.82, 2.24) is 9.21 Å². The van der Waals surface area contributed by atoms with Gasteiger partial charge in [-0.25, -0.2) is 8.42 Å². The number of benzene rings is 1. The van der Waals surface area contributed by atoms with Crippen molar-refractivity contribution in [3.63, 3.8) is 0 Å². The lowest BCUT2D eigenvalue weighted by Gasteiger charge is -2.30. The molecule has 3 aliphatic heterocycles. The molecule has 1 saturated heterocycles. The topological polar surface area (TPSA) is 68.3 Å². The van der Waals surface area contributed by atoms with E-state index in [0.29, 0.717) is 48.2 Å². The summed E-state index contributed by atoms with van der Waals surface area (Å²) in [4.78, 5) is 2.46. The molecule has 0 N–H and O–H groups in total. The first-order chi connectivity index (χ1) is 12.5. The van der Waals surface area contributed by atoms with E-state index >= 15 is 0 Å². The zero-order valence-electron chi connectivity index (χ0n) is 15.4. The molecule has 1 fully saturated rings. The summed E-state index contributed by atoms with van der Waals surface area (Å²) in [6, 6.07) is 0. The first-order valence-corrected chi connectivity index (χ1v) is 10.7. The molecule has 3 heterocycles. The fraction of sp³-hybridized carbons (Fsp3) is 0.667. The van der Waals surface area contributed by atoms with E-state index in [0.717, 1.165) is 43.4 Å². The van der Waals surface area contributed by atoms with Crippen LogP contribution in [-0.2, 0) is 23.0 Å². The van der Waals surface area contributed by atoms with Gasteiger partial charge in [-0.05, 0) is 31.9 Å². The Hall–Kier alpha value is -1.51. The van der Waals surface area contributed by atoms with Gasteiger partial charge in [-0.1, -0.05) is 12.8 Å². The second-order valence-corrected chi connectivity index (χ2v) is 9.07. The lowest BCUT2D eigenvalue weighted by Crippen LogP contribution is -2.35. The summed E-state index contributed by atoms with van der Waals surface area (Å²) in [6.45, 7) is 2.60. The Labute approximate surface area is 154 Å². The lowest BCUT2D eigenvalue weighted by atomic mass is 9.97. The highest BCUT2D eigenvalue weighted by molar-refractivity contribution is 7.89. The van der Waals surface area contributed by atoms with Crippen molar-refractivity contribution in [3.8, 4) is 17.2 Å². The number of methoxy groups -OCH3 is 1. The fourth-order valence-corrected chi connectivity index (χ4v) is 6.07. The minimum Gasteiger partial charge on any atom is -0.492 e. The van der Waals surface area contributed by atoms with Crippen LogP contribution in [0.2, 0.25) is 0 Å². The van der Waals surface area contributed by atoms with Crippen LogP contribution >= 0.6 is 0 Å². The van der Waals surface area contributed by atoms with Gasteiger partial charge in [0.05, 0.1) is 7.11 Å². The molecule has 144 valence electrons. The summed E-state index contributed by atoms with van der Waals surface area (Å²) >= 11 is 0. The third-order valence-electron chi connectivity index (χ3n) is 5.48. The maximum absolute atomic E-state index is 13.6. The first-order valence-electron chi connectivity index (χ1n) is 9.24. The molecule has 3 aliphatic rings. The van der Waals surface area contributed by atoms with E-state index in [-0.39, 0.29) is 6.79 Å². The van der Waals surface area contributed by atoms with Gasteiger partial charge in [0.1, 0.15) is 4.90 Å². The number of sulfonamides is 1. The molecule has 0 aliphatic carbocycles. The molecule has 0 radical (unpaired) electrons. The number of nitrogens with zero attached hydrogens (tertiary/aromatic N) is 2. The molecular weight excluding hydrogens is 356 g/mol. The molecule has 0 amide bonds. The molecule has 0 unspecified atom stereocenters. The average molecular weight is 382 g/mol. The third kappa shape index (κ3) is 2.84. The highest BCUT2D eigenvalue weighted by atomic mass is 32.2. The summed E-state index contributed by atoms with van der Waals surface area (Å²) in [5, 5.41) is 0. The van der Waals surface area contributed by atoms with Gasteiger partial charge < -0.3 is 19.1 Å². The van der Waals surface area contributed by atoms with Crippen LogP contribution < -0.4 is 14.2 Å². The molecule has 4 rings (SSSR count). The number of hydrogen-bond acceptors (Lipinski definition) is 6. The zero-order valence-corrected chi connectivity index (χ0v) is 16.2. The molecule has 0 saturated carbocycles.